The van der Waals surface area contributed by atoms with E-state index in [2.05, 4.69) is 10.6 Å². The highest BCUT2D eigenvalue weighted by atomic mass is 16.5. The van der Waals surface area contributed by atoms with Gasteiger partial charge >= 0.3 is 0 Å². The fraction of sp³-hybridized carbons (Fsp3) is 0.857. The highest BCUT2D eigenvalue weighted by molar-refractivity contribution is 5.87. The van der Waals surface area contributed by atoms with Crippen LogP contribution >= 0.6 is 0 Å². The molecule has 1 atom stereocenters. The molecule has 0 fully saturated rings. The summed E-state index contributed by atoms with van der Waals surface area (Å²) in [6.07, 6.45) is 2.55. The Morgan fingerprint density at radius 1 is 1.15 bits per heavy atom. The Labute approximate surface area is 121 Å². The number of nitrogens with one attached hydrogen (secondary N) is 2. The molecule has 1 amide bonds. The number of hydrogen-bond acceptors (Lipinski definition) is 5. The maximum absolute atomic E-state index is 11.6. The van der Waals surface area contributed by atoms with Crippen LogP contribution in [-0.4, -0.2) is 57.8 Å². The van der Waals surface area contributed by atoms with Crippen LogP contribution in [0.1, 0.15) is 33.1 Å². The van der Waals surface area contributed by atoms with Crippen molar-refractivity contribution in [2.45, 2.75) is 39.2 Å². The van der Waals surface area contributed by atoms with E-state index in [1.807, 2.05) is 14.0 Å². The summed E-state index contributed by atoms with van der Waals surface area (Å²) in [6.45, 7) is 5.77. The molecule has 0 bridgehead atoms. The standard InChI is InChI=1S/C14H28N2O4/c1-4-19-9-10-20-11-14(18)16-13(12(2)17)7-5-6-8-15-3/h13,15H,4-11H2,1-3H3,(H,16,18)/t13-/m0/s1. The molecule has 0 aromatic rings. The Kier molecular flexibility index (Phi) is 12.4. The van der Waals surface area contributed by atoms with Crippen LogP contribution in [0.4, 0.5) is 0 Å². The Hall–Kier alpha value is -0.980. The first-order valence-corrected chi connectivity index (χ1v) is 7.21. The van der Waals surface area contributed by atoms with Crippen molar-refractivity contribution in [2.75, 3.05) is 40.0 Å². The van der Waals surface area contributed by atoms with Crippen LogP contribution in [0.15, 0.2) is 0 Å². The van der Waals surface area contributed by atoms with Gasteiger partial charge in [0.2, 0.25) is 5.91 Å². The van der Waals surface area contributed by atoms with Gasteiger partial charge in [-0.2, -0.15) is 0 Å². The topological polar surface area (TPSA) is 76.7 Å². The monoisotopic (exact) mass is 288 g/mol. The van der Waals surface area contributed by atoms with Crippen LogP contribution in [0, 0.1) is 0 Å². The maximum Gasteiger partial charge on any atom is 0.246 e. The lowest BCUT2D eigenvalue weighted by Gasteiger charge is -2.16. The van der Waals surface area contributed by atoms with Crippen LogP contribution < -0.4 is 10.6 Å². The molecule has 0 aliphatic rings. The molecule has 0 spiro atoms. The van der Waals surface area contributed by atoms with E-state index in [1.165, 1.54) is 6.92 Å². The molecule has 0 saturated carbocycles. The third kappa shape index (κ3) is 10.9. The maximum atomic E-state index is 11.6. The average Bonchev–Trinajstić information content (AvgIpc) is 2.41. The quantitative estimate of drug-likeness (QED) is 0.483. The first-order valence-electron chi connectivity index (χ1n) is 7.21. The largest absolute Gasteiger partial charge is 0.379 e. The average molecular weight is 288 g/mol. The molecule has 2 N–H and O–H groups in total. The third-order valence-electron chi connectivity index (χ3n) is 2.80. The molecule has 0 aliphatic carbocycles. The van der Waals surface area contributed by atoms with Gasteiger partial charge in [-0.1, -0.05) is 0 Å². The first kappa shape index (κ1) is 19.0. The summed E-state index contributed by atoms with van der Waals surface area (Å²) < 4.78 is 10.3. The fourth-order valence-electron chi connectivity index (χ4n) is 1.69. The van der Waals surface area contributed by atoms with Crippen molar-refractivity contribution in [1.29, 1.82) is 0 Å². The molecule has 0 unspecified atom stereocenters. The molecular formula is C14H28N2O4. The second kappa shape index (κ2) is 13.0. The zero-order valence-electron chi connectivity index (χ0n) is 12.9. The van der Waals surface area contributed by atoms with E-state index in [0.29, 0.717) is 26.2 Å². The molecule has 0 radical (unpaired) electrons. The van der Waals surface area contributed by atoms with Crippen LogP contribution in [-0.2, 0) is 19.1 Å². The zero-order valence-corrected chi connectivity index (χ0v) is 12.9. The predicted octanol–water partition coefficient (Wildman–Crippen LogP) is 0.503. The van der Waals surface area contributed by atoms with Gasteiger partial charge in [-0.15, -0.1) is 0 Å². The number of hydrogen-bond donors (Lipinski definition) is 2. The Balaban J connectivity index is 3.81. The van der Waals surface area contributed by atoms with Gasteiger partial charge in [0, 0.05) is 6.61 Å². The Morgan fingerprint density at radius 2 is 1.85 bits per heavy atom. The summed E-state index contributed by atoms with van der Waals surface area (Å²) in [5, 5.41) is 5.76. The summed E-state index contributed by atoms with van der Waals surface area (Å²) in [4.78, 5) is 23.1. The molecule has 20 heavy (non-hydrogen) atoms. The van der Waals surface area contributed by atoms with E-state index < -0.39 is 6.04 Å². The van der Waals surface area contributed by atoms with Crippen LogP contribution in [0.5, 0.6) is 0 Å². The van der Waals surface area contributed by atoms with E-state index in [0.717, 1.165) is 19.4 Å². The van der Waals surface area contributed by atoms with Gasteiger partial charge in [0.15, 0.2) is 5.78 Å². The van der Waals surface area contributed by atoms with Crippen molar-refractivity contribution in [3.05, 3.63) is 0 Å². The summed E-state index contributed by atoms with van der Waals surface area (Å²) in [5.41, 5.74) is 0. The van der Waals surface area contributed by atoms with Crippen molar-refractivity contribution in [1.82, 2.24) is 10.6 Å². The SMILES string of the molecule is CCOCCOCC(=O)N[C@@H](CCCCNC)C(C)=O. The number of carbonyl (C=O) groups excluding carboxylic acids is 2. The number of ketones is 1. The Bertz CT molecular complexity index is 272. The van der Waals surface area contributed by atoms with E-state index in [9.17, 15) is 9.59 Å². The molecular weight excluding hydrogens is 260 g/mol. The number of Topliss-reactive ketones (excluding diaryl/α,β-unsaturated/α-hetero) is 1. The summed E-state index contributed by atoms with van der Waals surface area (Å²) >= 11 is 0. The third-order valence-corrected chi connectivity index (χ3v) is 2.80. The minimum absolute atomic E-state index is 0.0166. The lowest BCUT2D eigenvalue weighted by Crippen LogP contribution is -2.41. The molecule has 0 saturated heterocycles. The van der Waals surface area contributed by atoms with Crippen molar-refractivity contribution < 1.29 is 19.1 Å². The van der Waals surface area contributed by atoms with Crippen molar-refractivity contribution in [2.24, 2.45) is 0 Å². The Morgan fingerprint density at radius 3 is 2.45 bits per heavy atom. The lowest BCUT2D eigenvalue weighted by atomic mass is 10.1. The highest BCUT2D eigenvalue weighted by Gasteiger charge is 2.16. The second-order valence-corrected chi connectivity index (χ2v) is 4.58. The van der Waals surface area contributed by atoms with Gasteiger partial charge in [-0.25, -0.2) is 0 Å². The van der Waals surface area contributed by atoms with Crippen molar-refractivity contribution in [3.8, 4) is 0 Å². The smallest absolute Gasteiger partial charge is 0.246 e. The predicted molar refractivity (Wildman–Crippen MR) is 77.7 cm³/mol. The normalized spacial score (nSPS) is 12.2. The number of amides is 1. The van der Waals surface area contributed by atoms with E-state index in [-0.39, 0.29) is 18.3 Å². The molecule has 6 nitrogen and oxygen atoms in total. The van der Waals surface area contributed by atoms with E-state index in [4.69, 9.17) is 9.47 Å². The molecule has 0 rings (SSSR count). The minimum Gasteiger partial charge on any atom is -0.379 e. The molecule has 6 heteroatoms. The number of unbranched alkanes of at least 4 members (excludes halogenated alkanes) is 1. The molecule has 0 heterocycles. The lowest BCUT2D eigenvalue weighted by molar-refractivity contribution is -0.130. The summed E-state index contributed by atoms with van der Waals surface area (Å²) in [6, 6.07) is -0.408. The summed E-state index contributed by atoms with van der Waals surface area (Å²) in [5.74, 6) is -0.271. The van der Waals surface area contributed by atoms with Gasteiger partial charge in [0.25, 0.3) is 0 Å². The van der Waals surface area contributed by atoms with Crippen LogP contribution in [0.3, 0.4) is 0 Å². The summed E-state index contributed by atoms with van der Waals surface area (Å²) in [7, 11) is 1.89. The van der Waals surface area contributed by atoms with Gasteiger partial charge in [-0.3, -0.25) is 9.59 Å². The number of ether oxygens (including phenoxy) is 2. The molecule has 118 valence electrons. The first-order chi connectivity index (χ1) is 9.61. The van der Waals surface area contributed by atoms with E-state index in [1.54, 1.807) is 0 Å². The van der Waals surface area contributed by atoms with Crippen LogP contribution in [0.2, 0.25) is 0 Å². The van der Waals surface area contributed by atoms with Gasteiger partial charge in [0.05, 0.1) is 19.3 Å². The number of rotatable bonds is 13. The molecule has 0 aliphatic heterocycles. The van der Waals surface area contributed by atoms with Crippen LogP contribution in [0.25, 0.3) is 0 Å². The van der Waals surface area contributed by atoms with Gasteiger partial charge in [-0.05, 0) is 46.7 Å². The van der Waals surface area contributed by atoms with Gasteiger partial charge < -0.3 is 20.1 Å². The van der Waals surface area contributed by atoms with Crippen molar-refractivity contribution in [3.63, 3.8) is 0 Å². The molecule has 0 aromatic heterocycles. The minimum atomic E-state index is -0.408. The highest BCUT2D eigenvalue weighted by Crippen LogP contribution is 2.02. The second-order valence-electron chi connectivity index (χ2n) is 4.58. The fourth-order valence-corrected chi connectivity index (χ4v) is 1.69. The zero-order chi connectivity index (χ0) is 15.2. The molecule has 0 aromatic carbocycles. The van der Waals surface area contributed by atoms with E-state index >= 15 is 0 Å². The van der Waals surface area contributed by atoms with Gasteiger partial charge in [0.1, 0.15) is 6.61 Å². The number of carbonyl (C=O) groups is 2. The van der Waals surface area contributed by atoms with Crippen molar-refractivity contribution >= 4 is 11.7 Å².